The molecule has 8 nitrogen and oxygen atoms in total. The van der Waals surface area contributed by atoms with Crippen molar-refractivity contribution >= 4 is 17.9 Å². The maximum atomic E-state index is 17.5. The molecule has 5 aliphatic rings. The van der Waals surface area contributed by atoms with Crippen LogP contribution in [-0.4, -0.2) is 53.1 Å². The van der Waals surface area contributed by atoms with Gasteiger partial charge in [0.05, 0.1) is 6.10 Å². The number of allylic oxidation sites excluding steroid dienone is 4. The highest BCUT2D eigenvalue weighted by Gasteiger charge is 2.78. The molecule has 0 heterocycles. The van der Waals surface area contributed by atoms with E-state index in [-0.39, 0.29) is 43.1 Å². The van der Waals surface area contributed by atoms with E-state index in [4.69, 9.17) is 19.5 Å². The summed E-state index contributed by atoms with van der Waals surface area (Å²) < 4.78 is 50.2. The SMILES string of the molecule is CCC1CCC(OC(=O)O[C@]2(C(=O)OCC#N)[C@H](C)C[C@H]3[C@@H]4CC(F)=C5CC(=O)C=C[C@]5(C)[C@@]4(F)[C@@H](O)C[C@@]32C)CC1. The second-order valence-corrected chi connectivity index (χ2v) is 13.5. The van der Waals surface area contributed by atoms with Crippen LogP contribution in [0.1, 0.15) is 85.5 Å². The van der Waals surface area contributed by atoms with Gasteiger partial charge < -0.3 is 19.3 Å². The molecule has 0 aromatic rings. The first-order valence-electron chi connectivity index (χ1n) is 15.2. The Hall–Kier alpha value is -2.80. The van der Waals surface area contributed by atoms with Crippen molar-refractivity contribution in [1.82, 2.24) is 0 Å². The van der Waals surface area contributed by atoms with Crippen LogP contribution in [0.25, 0.3) is 0 Å². The number of nitriles is 1. The number of hydrogen-bond donors (Lipinski definition) is 1. The lowest BCUT2D eigenvalue weighted by atomic mass is 9.45. The second kappa shape index (κ2) is 10.7. The average molecular weight is 590 g/mol. The predicted molar refractivity (Wildman–Crippen MR) is 146 cm³/mol. The summed E-state index contributed by atoms with van der Waals surface area (Å²) in [6.07, 6.45) is 2.95. The Balaban J connectivity index is 1.52. The topological polar surface area (TPSA) is 123 Å². The highest BCUT2D eigenvalue weighted by atomic mass is 19.1. The van der Waals surface area contributed by atoms with Crippen LogP contribution in [0.2, 0.25) is 0 Å². The zero-order chi connectivity index (χ0) is 30.7. The van der Waals surface area contributed by atoms with Crippen LogP contribution in [0.15, 0.2) is 23.6 Å². The van der Waals surface area contributed by atoms with Gasteiger partial charge in [-0.2, -0.15) is 5.26 Å². The van der Waals surface area contributed by atoms with Crippen LogP contribution in [0.3, 0.4) is 0 Å². The molecule has 42 heavy (non-hydrogen) atoms. The van der Waals surface area contributed by atoms with E-state index < -0.39 is 70.5 Å². The maximum absolute atomic E-state index is 17.5. The van der Waals surface area contributed by atoms with E-state index in [1.54, 1.807) is 19.9 Å². The zero-order valence-corrected chi connectivity index (χ0v) is 24.8. The lowest BCUT2D eigenvalue weighted by molar-refractivity contribution is -0.229. The normalized spacial score (nSPS) is 44.4. The third-order valence-electron chi connectivity index (χ3n) is 11.6. The Kier molecular flexibility index (Phi) is 7.83. The molecule has 0 aromatic heterocycles. The van der Waals surface area contributed by atoms with E-state index in [0.717, 1.165) is 19.3 Å². The van der Waals surface area contributed by atoms with Crippen LogP contribution >= 0.6 is 0 Å². The fraction of sp³-hybridized carbons (Fsp3) is 0.750. The Morgan fingerprint density at radius 2 is 1.88 bits per heavy atom. The Morgan fingerprint density at radius 3 is 2.52 bits per heavy atom. The molecule has 0 unspecified atom stereocenters. The molecule has 0 aromatic carbocycles. The molecule has 0 radical (unpaired) electrons. The monoisotopic (exact) mass is 589 g/mol. The van der Waals surface area contributed by atoms with Gasteiger partial charge in [-0.25, -0.2) is 18.4 Å². The van der Waals surface area contributed by atoms with Crippen molar-refractivity contribution in [1.29, 1.82) is 5.26 Å². The average Bonchev–Trinajstić information content (AvgIpc) is 3.17. The smallest absolute Gasteiger partial charge is 0.447 e. The van der Waals surface area contributed by atoms with Crippen LogP contribution in [0, 0.1) is 45.8 Å². The van der Waals surface area contributed by atoms with E-state index in [9.17, 15) is 19.5 Å². The summed E-state index contributed by atoms with van der Waals surface area (Å²) in [5.74, 6) is -3.84. The van der Waals surface area contributed by atoms with Crippen molar-refractivity contribution in [2.24, 2.45) is 34.5 Å². The van der Waals surface area contributed by atoms with Gasteiger partial charge in [0.2, 0.25) is 5.60 Å². The summed E-state index contributed by atoms with van der Waals surface area (Å²) in [5.41, 5.74) is -7.25. The lowest BCUT2D eigenvalue weighted by Crippen LogP contribution is -2.70. The summed E-state index contributed by atoms with van der Waals surface area (Å²) in [7, 11) is 0. The van der Waals surface area contributed by atoms with Crippen LogP contribution < -0.4 is 0 Å². The minimum absolute atomic E-state index is 0.0414. The number of rotatable bonds is 5. The van der Waals surface area contributed by atoms with E-state index >= 15 is 8.78 Å². The van der Waals surface area contributed by atoms with Crippen molar-refractivity contribution in [3.8, 4) is 6.07 Å². The first kappa shape index (κ1) is 30.7. The van der Waals surface area contributed by atoms with Crippen molar-refractivity contribution in [3.63, 3.8) is 0 Å². The summed E-state index contributed by atoms with van der Waals surface area (Å²) >= 11 is 0. The molecular weight excluding hydrogens is 548 g/mol. The number of aliphatic hydroxyl groups is 1. The van der Waals surface area contributed by atoms with Gasteiger partial charge in [-0.3, -0.25) is 4.79 Å². The zero-order valence-electron chi connectivity index (χ0n) is 24.8. The number of esters is 1. The molecule has 0 amide bonds. The first-order valence-corrected chi connectivity index (χ1v) is 15.2. The number of nitrogens with zero attached hydrogens (tertiary/aromatic N) is 1. The summed E-state index contributed by atoms with van der Waals surface area (Å²) in [6.45, 7) is 6.38. The van der Waals surface area contributed by atoms with Gasteiger partial charge in [-0.05, 0) is 68.9 Å². The van der Waals surface area contributed by atoms with Crippen molar-refractivity contribution < 1.29 is 42.5 Å². The quantitative estimate of drug-likeness (QED) is 0.398. The van der Waals surface area contributed by atoms with E-state index in [1.807, 2.05) is 0 Å². The van der Waals surface area contributed by atoms with Gasteiger partial charge in [0.1, 0.15) is 18.0 Å². The molecule has 0 saturated heterocycles. The van der Waals surface area contributed by atoms with Crippen LogP contribution in [-0.2, 0) is 23.8 Å². The van der Waals surface area contributed by atoms with Crippen LogP contribution in [0.4, 0.5) is 13.6 Å². The van der Waals surface area contributed by atoms with Gasteiger partial charge in [0.15, 0.2) is 18.1 Å². The van der Waals surface area contributed by atoms with E-state index in [0.29, 0.717) is 18.8 Å². The van der Waals surface area contributed by atoms with Crippen molar-refractivity contribution in [3.05, 3.63) is 23.6 Å². The highest BCUT2D eigenvalue weighted by Crippen LogP contribution is 2.71. The van der Waals surface area contributed by atoms with Gasteiger partial charge in [-0.15, -0.1) is 0 Å². The summed E-state index contributed by atoms with van der Waals surface area (Å²) in [4.78, 5) is 39.3. The molecule has 3 saturated carbocycles. The Bertz CT molecular complexity index is 1250. The van der Waals surface area contributed by atoms with E-state index in [2.05, 4.69) is 6.92 Å². The molecule has 8 atom stereocenters. The Morgan fingerprint density at radius 1 is 1.19 bits per heavy atom. The third-order valence-corrected chi connectivity index (χ3v) is 11.6. The van der Waals surface area contributed by atoms with Gasteiger partial charge in [-0.1, -0.05) is 33.3 Å². The van der Waals surface area contributed by atoms with Gasteiger partial charge in [0, 0.05) is 35.5 Å². The van der Waals surface area contributed by atoms with Gasteiger partial charge in [0.25, 0.3) is 0 Å². The Labute approximate surface area is 245 Å². The number of carbonyl (C=O) groups is 3. The predicted octanol–water partition coefficient (Wildman–Crippen LogP) is 5.83. The maximum Gasteiger partial charge on any atom is 0.509 e. The van der Waals surface area contributed by atoms with Crippen molar-refractivity contribution in [2.45, 2.75) is 109 Å². The lowest BCUT2D eigenvalue weighted by Gasteiger charge is -2.62. The largest absolute Gasteiger partial charge is 0.509 e. The molecule has 230 valence electrons. The highest BCUT2D eigenvalue weighted by molar-refractivity contribution is 5.93. The van der Waals surface area contributed by atoms with Crippen molar-refractivity contribution in [2.75, 3.05) is 6.61 Å². The van der Waals surface area contributed by atoms with Crippen LogP contribution in [0.5, 0.6) is 0 Å². The number of ether oxygens (including phenoxy) is 3. The van der Waals surface area contributed by atoms with Gasteiger partial charge >= 0.3 is 12.1 Å². The third kappa shape index (κ3) is 4.24. The molecule has 5 rings (SSSR count). The summed E-state index contributed by atoms with van der Waals surface area (Å²) in [6, 6.07) is 1.76. The number of halogens is 2. The number of fused-ring (bicyclic) bond motifs is 5. The number of hydrogen-bond acceptors (Lipinski definition) is 8. The number of aliphatic hydroxyl groups excluding tert-OH is 1. The molecule has 0 bridgehead atoms. The molecular formula is C32H41F2NO7. The van der Waals surface area contributed by atoms with E-state index in [1.165, 1.54) is 19.1 Å². The molecule has 10 heteroatoms. The minimum Gasteiger partial charge on any atom is -0.447 e. The number of alkyl halides is 1. The molecule has 0 spiro atoms. The standard InChI is InChI=1S/C32H41F2NO7/c1-5-19-6-8-21(9-7-19)41-28(39)42-32(27(38)40-13-12-35)18(2)14-22-23-16-25(33)24-15-20(36)10-11-29(24,3)31(23,34)26(37)17-30(22,32)4/h10-11,18-19,21-23,26,37H,5-9,13-17H2,1-4H3/t18-,19?,21?,22+,23+,26+,29+,30+,31+,32+/m1/s1. The second-order valence-electron chi connectivity index (χ2n) is 13.5. The molecule has 5 aliphatic carbocycles. The fourth-order valence-electron chi connectivity index (χ4n) is 9.35. The number of carbonyl (C=O) groups excluding carboxylic acids is 3. The molecule has 1 N–H and O–H groups in total. The minimum atomic E-state index is -2.34. The first-order chi connectivity index (χ1) is 19.8. The fourth-order valence-corrected chi connectivity index (χ4v) is 9.35. The molecule has 3 fully saturated rings. The molecule has 0 aliphatic heterocycles. The number of ketones is 1. The summed E-state index contributed by atoms with van der Waals surface area (Å²) in [5, 5.41) is 20.8.